The second kappa shape index (κ2) is 17.3. The van der Waals surface area contributed by atoms with E-state index >= 15 is 0 Å². The fourth-order valence-corrected chi connectivity index (χ4v) is 3.88. The van der Waals surface area contributed by atoms with Gasteiger partial charge >= 0.3 is 11.9 Å². The lowest BCUT2D eigenvalue weighted by molar-refractivity contribution is -0.271. The minimum absolute atomic E-state index is 0.0179. The molecule has 1 heterocycles. The van der Waals surface area contributed by atoms with Gasteiger partial charge in [0.15, 0.2) is 6.10 Å². The maximum atomic E-state index is 12.7. The van der Waals surface area contributed by atoms with Gasteiger partial charge in [0.05, 0.1) is 11.7 Å². The van der Waals surface area contributed by atoms with Gasteiger partial charge in [-0.2, -0.15) is 0 Å². The van der Waals surface area contributed by atoms with E-state index in [1.165, 1.54) is 25.1 Å². The smallest absolute Gasteiger partial charge is 0.335 e. The van der Waals surface area contributed by atoms with Crippen molar-refractivity contribution in [2.24, 2.45) is 5.73 Å². The van der Waals surface area contributed by atoms with Crippen molar-refractivity contribution in [2.45, 2.75) is 89.3 Å². The van der Waals surface area contributed by atoms with Crippen molar-refractivity contribution in [3.05, 3.63) is 23.8 Å². The SMILES string of the molecule is CCCCNC(=O)[C@H](N)CCC(=O)NCCC(=O)Nc1cc(COC(C)=O)ccc1O[C@H]1O[C@@H](C(=O)O)[C@H](O)[C@@H](O)[C@@H]1O. The number of aliphatic hydroxyl groups excluding tert-OH is 3. The summed E-state index contributed by atoms with van der Waals surface area (Å²) in [6.45, 7) is 3.50. The molecule has 0 aromatic heterocycles. The number of carboxylic acids is 1. The number of nitrogens with two attached hydrogens (primary N) is 1. The Morgan fingerprint density at radius 3 is 2.37 bits per heavy atom. The van der Waals surface area contributed by atoms with E-state index in [4.69, 9.17) is 19.9 Å². The molecule has 9 N–H and O–H groups in total. The second-order valence-corrected chi connectivity index (χ2v) is 9.90. The van der Waals surface area contributed by atoms with E-state index in [0.29, 0.717) is 12.1 Å². The molecule has 1 aliphatic rings. The molecule has 0 radical (unpaired) electrons. The number of aliphatic carboxylic acids is 1. The molecular weight excluding hydrogens is 572 g/mol. The van der Waals surface area contributed by atoms with Crippen molar-refractivity contribution in [2.75, 3.05) is 18.4 Å². The first kappa shape index (κ1) is 35.4. The second-order valence-electron chi connectivity index (χ2n) is 9.90. The molecule has 1 fully saturated rings. The van der Waals surface area contributed by atoms with Crippen LogP contribution in [0.15, 0.2) is 18.2 Å². The minimum atomic E-state index is -1.92. The van der Waals surface area contributed by atoms with Crippen LogP contribution in [0.1, 0.15) is 51.5 Å². The summed E-state index contributed by atoms with van der Waals surface area (Å²) < 4.78 is 15.7. The predicted molar refractivity (Wildman–Crippen MR) is 148 cm³/mol. The molecule has 0 saturated carbocycles. The van der Waals surface area contributed by atoms with Gasteiger partial charge in [-0.15, -0.1) is 0 Å². The number of unbranched alkanes of at least 4 members (excludes halogenated alkanes) is 1. The van der Waals surface area contributed by atoms with Crippen molar-refractivity contribution < 1.29 is 58.6 Å². The number of benzene rings is 1. The zero-order valence-corrected chi connectivity index (χ0v) is 24.0. The van der Waals surface area contributed by atoms with Crippen molar-refractivity contribution in [3.8, 4) is 5.75 Å². The van der Waals surface area contributed by atoms with Crippen LogP contribution in [0.5, 0.6) is 5.75 Å². The summed E-state index contributed by atoms with van der Waals surface area (Å²) in [4.78, 5) is 59.4. The maximum Gasteiger partial charge on any atom is 0.335 e. The first-order valence-electron chi connectivity index (χ1n) is 13.8. The summed E-state index contributed by atoms with van der Waals surface area (Å²) in [5, 5.41) is 47.4. The highest BCUT2D eigenvalue weighted by molar-refractivity contribution is 5.93. The Labute approximate surface area is 247 Å². The van der Waals surface area contributed by atoms with Crippen LogP contribution >= 0.6 is 0 Å². The van der Waals surface area contributed by atoms with Gasteiger partial charge in [0, 0.05) is 32.9 Å². The zero-order valence-electron chi connectivity index (χ0n) is 24.0. The lowest BCUT2D eigenvalue weighted by Crippen LogP contribution is -2.61. The monoisotopic (exact) mass is 612 g/mol. The molecule has 0 bridgehead atoms. The van der Waals surface area contributed by atoms with E-state index in [1.807, 2.05) is 6.92 Å². The molecule has 2 rings (SSSR count). The van der Waals surface area contributed by atoms with Gasteiger partial charge in [-0.1, -0.05) is 19.4 Å². The quantitative estimate of drug-likeness (QED) is 0.0781. The average molecular weight is 613 g/mol. The lowest BCUT2D eigenvalue weighted by Gasteiger charge is -2.38. The minimum Gasteiger partial charge on any atom is -0.479 e. The van der Waals surface area contributed by atoms with Gasteiger partial charge in [-0.25, -0.2) is 4.79 Å². The molecule has 1 aromatic carbocycles. The molecule has 16 heteroatoms. The van der Waals surface area contributed by atoms with Gasteiger partial charge in [0.25, 0.3) is 0 Å². The van der Waals surface area contributed by atoms with Crippen LogP contribution < -0.4 is 26.4 Å². The Kier molecular flexibility index (Phi) is 14.3. The molecule has 0 unspecified atom stereocenters. The molecule has 0 aliphatic carbocycles. The molecule has 3 amide bonds. The van der Waals surface area contributed by atoms with Crippen LogP contribution in [0.2, 0.25) is 0 Å². The first-order chi connectivity index (χ1) is 20.3. The van der Waals surface area contributed by atoms with Crippen molar-refractivity contribution >= 4 is 35.3 Å². The van der Waals surface area contributed by atoms with E-state index in [1.54, 1.807) is 0 Å². The van der Waals surface area contributed by atoms with Crippen LogP contribution in [0.25, 0.3) is 0 Å². The van der Waals surface area contributed by atoms with E-state index in [2.05, 4.69) is 16.0 Å². The Balaban J connectivity index is 2.00. The summed E-state index contributed by atoms with van der Waals surface area (Å²) >= 11 is 0. The third-order valence-corrected chi connectivity index (χ3v) is 6.34. The average Bonchev–Trinajstić information content (AvgIpc) is 2.95. The van der Waals surface area contributed by atoms with Gasteiger partial charge in [0.2, 0.25) is 24.0 Å². The van der Waals surface area contributed by atoms with Crippen LogP contribution in [0, 0.1) is 0 Å². The molecule has 240 valence electrons. The van der Waals surface area contributed by atoms with E-state index in [9.17, 15) is 44.4 Å². The molecule has 16 nitrogen and oxygen atoms in total. The van der Waals surface area contributed by atoms with Gasteiger partial charge < -0.3 is 56.3 Å². The van der Waals surface area contributed by atoms with Crippen molar-refractivity contribution in [3.63, 3.8) is 0 Å². The number of carboxylic acid groups (broad SMARTS) is 1. The third kappa shape index (κ3) is 11.4. The van der Waals surface area contributed by atoms with Gasteiger partial charge in [-0.05, 0) is 30.5 Å². The lowest BCUT2D eigenvalue weighted by atomic mass is 9.99. The Bertz CT molecular complexity index is 1130. The first-order valence-corrected chi connectivity index (χ1v) is 13.8. The number of ether oxygens (including phenoxy) is 3. The van der Waals surface area contributed by atoms with Crippen LogP contribution in [-0.2, 0) is 40.1 Å². The van der Waals surface area contributed by atoms with E-state index in [0.717, 1.165) is 12.8 Å². The molecule has 6 atom stereocenters. The number of hydrogen-bond acceptors (Lipinski definition) is 12. The number of anilines is 1. The number of rotatable bonds is 16. The number of aliphatic hydroxyl groups is 3. The summed E-state index contributed by atoms with van der Waals surface area (Å²) in [5.74, 6) is -3.58. The highest BCUT2D eigenvalue weighted by Crippen LogP contribution is 2.31. The highest BCUT2D eigenvalue weighted by Gasteiger charge is 2.48. The van der Waals surface area contributed by atoms with Crippen LogP contribution in [0.3, 0.4) is 0 Å². The fraction of sp³-hybridized carbons (Fsp3) is 0.593. The summed E-state index contributed by atoms with van der Waals surface area (Å²) in [6, 6.07) is 3.36. The standard InChI is InChI=1S/C27H40N4O12/c1-3-4-10-30-25(38)16(28)6-8-19(33)29-11-9-20(34)31-17-12-15(13-41-14(2)32)5-7-18(17)42-27-23(37)21(35)22(36)24(43-27)26(39)40/h5,7,12,16,21-24,27,35-37H,3-4,6,8-11,13,28H2,1-2H3,(H,29,33)(H,30,38)(H,31,34)(H,39,40)/t16-,21-,22-,23+,24-,27+/m1/s1. The summed E-state index contributed by atoms with van der Waals surface area (Å²) in [7, 11) is 0. The zero-order chi connectivity index (χ0) is 32.1. The van der Waals surface area contributed by atoms with Crippen molar-refractivity contribution in [1.29, 1.82) is 0 Å². The van der Waals surface area contributed by atoms with Crippen molar-refractivity contribution in [1.82, 2.24) is 10.6 Å². The molecule has 1 aliphatic heterocycles. The number of carbonyl (C=O) groups excluding carboxylic acids is 4. The number of carbonyl (C=O) groups is 5. The molecule has 43 heavy (non-hydrogen) atoms. The Morgan fingerprint density at radius 2 is 1.72 bits per heavy atom. The van der Waals surface area contributed by atoms with Gasteiger partial charge in [0.1, 0.15) is 30.7 Å². The normalized spacial score (nSPS) is 22.1. The number of nitrogens with one attached hydrogen (secondary N) is 3. The Hall–Kier alpha value is -3.83. The van der Waals surface area contributed by atoms with Crippen LogP contribution in [-0.4, -0.2) is 99.9 Å². The van der Waals surface area contributed by atoms with E-state index in [-0.39, 0.29) is 49.8 Å². The maximum absolute atomic E-state index is 12.7. The van der Waals surface area contributed by atoms with Gasteiger partial charge in [-0.3, -0.25) is 19.2 Å². The summed E-state index contributed by atoms with van der Waals surface area (Å²) in [5.41, 5.74) is 6.27. The number of hydrogen-bond donors (Lipinski definition) is 8. The largest absolute Gasteiger partial charge is 0.479 e. The topological polar surface area (TPSA) is 256 Å². The molecule has 1 saturated heterocycles. The number of esters is 1. The molecule has 1 aromatic rings. The molecule has 0 spiro atoms. The fourth-order valence-electron chi connectivity index (χ4n) is 3.88. The molecular formula is C27H40N4O12. The predicted octanol–water partition coefficient (Wildman–Crippen LogP) is -1.51. The number of amides is 3. The summed E-state index contributed by atoms with van der Waals surface area (Å²) in [6.07, 6.45) is -7.68. The third-order valence-electron chi connectivity index (χ3n) is 6.34. The Morgan fingerprint density at radius 1 is 1.00 bits per heavy atom. The highest BCUT2D eigenvalue weighted by atomic mass is 16.7. The van der Waals surface area contributed by atoms with Crippen LogP contribution in [0.4, 0.5) is 5.69 Å². The van der Waals surface area contributed by atoms with E-state index < -0.39 is 60.5 Å².